The highest BCUT2D eigenvalue weighted by Gasteiger charge is 2.23. The fraction of sp³-hybridized carbons (Fsp3) is 0.250. The molecule has 0 amide bonds. The molecule has 0 N–H and O–H groups in total. The lowest BCUT2D eigenvalue weighted by Crippen LogP contribution is -2.47. The van der Waals surface area contributed by atoms with E-state index in [2.05, 4.69) is 35.1 Å². The molecule has 0 bridgehead atoms. The van der Waals surface area contributed by atoms with Gasteiger partial charge < -0.3 is 9.80 Å². The van der Waals surface area contributed by atoms with Crippen molar-refractivity contribution in [1.29, 1.82) is 0 Å². The zero-order valence-electron chi connectivity index (χ0n) is 16.0. The molecule has 1 aliphatic rings. The van der Waals surface area contributed by atoms with Gasteiger partial charge in [-0.15, -0.1) is 5.10 Å². The first kappa shape index (κ1) is 18.7. The summed E-state index contributed by atoms with van der Waals surface area (Å²) in [6.07, 6.45) is 3.29. The number of hydrogen-bond acceptors (Lipinski definition) is 7. The summed E-state index contributed by atoms with van der Waals surface area (Å²) in [6.45, 7) is 3.33. The molecule has 10 heteroatoms. The molecule has 1 saturated heterocycles. The quantitative estimate of drug-likeness (QED) is 0.498. The Hall–Kier alpha value is -3.33. The van der Waals surface area contributed by atoms with Gasteiger partial charge in [0.25, 0.3) is 0 Å². The number of rotatable bonds is 4. The normalized spacial score (nSPS) is 14.5. The highest BCUT2D eigenvalue weighted by atomic mass is 35.5. The van der Waals surface area contributed by atoms with E-state index >= 15 is 0 Å². The topological polar surface area (TPSA) is 75.9 Å². The molecule has 0 spiro atoms. The Morgan fingerprint density at radius 2 is 1.77 bits per heavy atom. The number of piperazine rings is 1. The number of aromatic nitrogens is 6. The van der Waals surface area contributed by atoms with Crippen LogP contribution in [0.4, 0.5) is 16.0 Å². The van der Waals surface area contributed by atoms with Gasteiger partial charge in [-0.05, 0) is 24.3 Å². The number of halogens is 2. The second-order valence-electron chi connectivity index (χ2n) is 6.98. The maximum atomic E-state index is 14.2. The molecule has 3 aromatic heterocycles. The van der Waals surface area contributed by atoms with Gasteiger partial charge in [-0.3, -0.25) is 0 Å². The minimum Gasteiger partial charge on any atom is -0.353 e. The highest BCUT2D eigenvalue weighted by Crippen LogP contribution is 2.25. The van der Waals surface area contributed by atoms with Gasteiger partial charge in [0.05, 0.1) is 6.54 Å². The highest BCUT2D eigenvalue weighted by molar-refractivity contribution is 6.31. The molecular formula is C20H18ClFN8. The van der Waals surface area contributed by atoms with Crippen LogP contribution in [0.5, 0.6) is 0 Å². The third-order valence-electron chi connectivity index (χ3n) is 5.20. The number of hydrogen-bond donors (Lipinski definition) is 0. The molecular weight excluding hydrogens is 407 g/mol. The van der Waals surface area contributed by atoms with Gasteiger partial charge in [-0.25, -0.2) is 24.0 Å². The molecule has 1 aliphatic heterocycles. The van der Waals surface area contributed by atoms with Crippen molar-refractivity contribution in [3.05, 3.63) is 65.3 Å². The molecule has 0 aliphatic carbocycles. The average molecular weight is 425 g/mol. The Morgan fingerprint density at radius 3 is 2.53 bits per heavy atom. The van der Waals surface area contributed by atoms with Crippen LogP contribution in [-0.4, -0.2) is 56.1 Å². The molecule has 152 valence electrons. The Balaban J connectivity index is 1.39. The molecule has 1 aromatic carbocycles. The fourth-order valence-corrected chi connectivity index (χ4v) is 3.86. The van der Waals surface area contributed by atoms with Crippen LogP contribution in [0.1, 0.15) is 5.56 Å². The van der Waals surface area contributed by atoms with Crippen LogP contribution in [0.15, 0.2) is 48.9 Å². The van der Waals surface area contributed by atoms with Gasteiger partial charge in [-0.2, -0.15) is 0 Å². The molecule has 0 atom stereocenters. The van der Waals surface area contributed by atoms with Crippen LogP contribution in [0, 0.1) is 5.82 Å². The number of fused-ring (bicyclic) bond motifs is 1. The molecule has 4 heterocycles. The first-order valence-electron chi connectivity index (χ1n) is 9.59. The summed E-state index contributed by atoms with van der Waals surface area (Å²) in [7, 11) is 0. The molecule has 0 radical (unpaired) electrons. The van der Waals surface area contributed by atoms with Crippen LogP contribution in [0.2, 0.25) is 5.02 Å². The van der Waals surface area contributed by atoms with Gasteiger partial charge in [0, 0.05) is 43.0 Å². The summed E-state index contributed by atoms with van der Waals surface area (Å²) < 4.78 is 15.7. The van der Waals surface area contributed by atoms with E-state index in [4.69, 9.17) is 11.6 Å². The van der Waals surface area contributed by atoms with Crippen molar-refractivity contribution < 1.29 is 4.39 Å². The van der Waals surface area contributed by atoms with E-state index in [1.165, 1.54) is 12.4 Å². The first-order valence-corrected chi connectivity index (χ1v) is 9.96. The summed E-state index contributed by atoms with van der Waals surface area (Å²) in [5.41, 5.74) is 1.50. The van der Waals surface area contributed by atoms with Crippen molar-refractivity contribution in [2.24, 2.45) is 0 Å². The van der Waals surface area contributed by atoms with Gasteiger partial charge in [0.2, 0.25) is 0 Å². The van der Waals surface area contributed by atoms with Crippen molar-refractivity contribution in [1.82, 2.24) is 29.9 Å². The summed E-state index contributed by atoms with van der Waals surface area (Å²) in [6, 6.07) is 10.5. The zero-order valence-corrected chi connectivity index (χ0v) is 16.7. The van der Waals surface area contributed by atoms with Crippen LogP contribution in [0.3, 0.4) is 0 Å². The predicted molar refractivity (Wildman–Crippen MR) is 112 cm³/mol. The second-order valence-corrected chi connectivity index (χ2v) is 7.39. The molecule has 4 aromatic rings. The van der Waals surface area contributed by atoms with Crippen molar-refractivity contribution in [3.63, 3.8) is 0 Å². The predicted octanol–water partition coefficient (Wildman–Crippen LogP) is 2.78. The van der Waals surface area contributed by atoms with E-state index in [1.54, 1.807) is 23.0 Å². The van der Waals surface area contributed by atoms with E-state index in [9.17, 15) is 4.39 Å². The minimum absolute atomic E-state index is 0.145. The average Bonchev–Trinajstić information content (AvgIpc) is 3.20. The van der Waals surface area contributed by atoms with Gasteiger partial charge >= 0.3 is 0 Å². The second kappa shape index (κ2) is 7.83. The number of benzene rings is 1. The third-order valence-corrected chi connectivity index (χ3v) is 5.56. The molecule has 5 rings (SSSR count). The van der Waals surface area contributed by atoms with Gasteiger partial charge in [-0.1, -0.05) is 28.9 Å². The Morgan fingerprint density at radius 1 is 0.933 bits per heavy atom. The largest absolute Gasteiger partial charge is 0.353 e. The summed E-state index contributed by atoms with van der Waals surface area (Å²) in [5.74, 6) is 1.32. The number of anilines is 2. The summed E-state index contributed by atoms with van der Waals surface area (Å²) >= 11 is 6.16. The number of nitrogens with zero attached hydrogens (tertiary/aromatic N) is 8. The van der Waals surface area contributed by atoms with E-state index in [-0.39, 0.29) is 12.4 Å². The van der Waals surface area contributed by atoms with Gasteiger partial charge in [0.15, 0.2) is 17.0 Å². The van der Waals surface area contributed by atoms with Crippen LogP contribution >= 0.6 is 11.6 Å². The Kier molecular flexibility index (Phi) is 4.88. The fourth-order valence-electron chi connectivity index (χ4n) is 3.64. The SMILES string of the molecule is Fc1cccc(Cl)c1Cn1nnc2c(N3CCN(c4ccccn4)CC3)ncnc21. The van der Waals surface area contributed by atoms with E-state index in [0.717, 1.165) is 37.8 Å². The summed E-state index contributed by atoms with van der Waals surface area (Å²) in [5, 5.41) is 8.81. The van der Waals surface area contributed by atoms with Crippen molar-refractivity contribution in [2.75, 3.05) is 36.0 Å². The van der Waals surface area contributed by atoms with E-state index < -0.39 is 0 Å². The minimum atomic E-state index is -0.383. The van der Waals surface area contributed by atoms with Crippen molar-refractivity contribution in [3.8, 4) is 0 Å². The maximum absolute atomic E-state index is 14.2. The molecule has 0 unspecified atom stereocenters. The lowest BCUT2D eigenvalue weighted by molar-refractivity contribution is 0.582. The molecule has 0 saturated carbocycles. The van der Waals surface area contributed by atoms with Gasteiger partial charge in [0.1, 0.15) is 18.0 Å². The zero-order chi connectivity index (χ0) is 20.5. The van der Waals surface area contributed by atoms with Crippen molar-refractivity contribution >= 4 is 34.4 Å². The van der Waals surface area contributed by atoms with Crippen LogP contribution in [0.25, 0.3) is 11.2 Å². The third kappa shape index (κ3) is 3.41. The molecule has 8 nitrogen and oxygen atoms in total. The number of pyridine rings is 1. The lowest BCUT2D eigenvalue weighted by atomic mass is 10.2. The van der Waals surface area contributed by atoms with E-state index in [0.29, 0.717) is 21.7 Å². The molecule has 30 heavy (non-hydrogen) atoms. The standard InChI is InChI=1S/C20H18ClFN8/c21-15-4-3-5-16(22)14(15)12-30-20-18(26-27-30)19(24-13-25-20)29-10-8-28(9-11-29)17-6-1-2-7-23-17/h1-7,13H,8-12H2. The van der Waals surface area contributed by atoms with Crippen LogP contribution < -0.4 is 9.80 Å². The van der Waals surface area contributed by atoms with E-state index in [1.807, 2.05) is 18.2 Å². The Labute approximate surface area is 176 Å². The molecule has 1 fully saturated rings. The monoisotopic (exact) mass is 424 g/mol. The van der Waals surface area contributed by atoms with Crippen LogP contribution in [-0.2, 0) is 6.54 Å². The smallest absolute Gasteiger partial charge is 0.184 e. The Bertz CT molecular complexity index is 1150. The lowest BCUT2D eigenvalue weighted by Gasteiger charge is -2.35. The summed E-state index contributed by atoms with van der Waals surface area (Å²) in [4.78, 5) is 17.6. The first-order chi connectivity index (χ1) is 14.7. The maximum Gasteiger partial charge on any atom is 0.184 e. The van der Waals surface area contributed by atoms with Crippen molar-refractivity contribution in [2.45, 2.75) is 6.54 Å².